The molecule has 164 valence electrons. The highest BCUT2D eigenvalue weighted by atomic mass is 35.5. The molecule has 1 aromatic heterocycles. The SMILES string of the molecule is CC(=O)OC1=C([C@H](CC(=O)c2ccccn2)c2ccc(Cl)cc2)C(=O)c2ccccc2C1=O. The van der Waals surface area contributed by atoms with Crippen molar-refractivity contribution in [2.24, 2.45) is 0 Å². The summed E-state index contributed by atoms with van der Waals surface area (Å²) in [6, 6.07) is 17.9. The number of ether oxygens (including phenoxy) is 1. The summed E-state index contributed by atoms with van der Waals surface area (Å²) < 4.78 is 5.27. The number of esters is 1. The molecule has 3 aromatic rings. The maximum absolute atomic E-state index is 13.6. The molecular weight excluding hydrogens is 442 g/mol. The molecule has 0 fully saturated rings. The zero-order valence-electron chi connectivity index (χ0n) is 17.6. The minimum atomic E-state index is -0.865. The van der Waals surface area contributed by atoms with Crippen LogP contribution in [0.15, 0.2) is 84.3 Å². The van der Waals surface area contributed by atoms with Gasteiger partial charge in [-0.3, -0.25) is 24.2 Å². The van der Waals surface area contributed by atoms with Gasteiger partial charge in [0.25, 0.3) is 0 Å². The van der Waals surface area contributed by atoms with E-state index in [4.69, 9.17) is 16.3 Å². The van der Waals surface area contributed by atoms with Gasteiger partial charge >= 0.3 is 5.97 Å². The largest absolute Gasteiger partial charge is 0.422 e. The first kappa shape index (κ1) is 22.3. The first-order valence-electron chi connectivity index (χ1n) is 10.2. The minimum absolute atomic E-state index is 0.0412. The van der Waals surface area contributed by atoms with Crippen LogP contribution < -0.4 is 0 Å². The summed E-state index contributed by atoms with van der Waals surface area (Å²) in [4.78, 5) is 55.9. The van der Waals surface area contributed by atoms with Gasteiger partial charge < -0.3 is 4.74 Å². The fraction of sp³-hybridized carbons (Fsp3) is 0.115. The van der Waals surface area contributed by atoms with E-state index in [0.717, 1.165) is 6.92 Å². The van der Waals surface area contributed by atoms with Gasteiger partial charge in [-0.1, -0.05) is 54.1 Å². The number of hydrogen-bond acceptors (Lipinski definition) is 6. The van der Waals surface area contributed by atoms with Crippen LogP contribution in [0, 0.1) is 0 Å². The highest BCUT2D eigenvalue weighted by Gasteiger charge is 2.39. The van der Waals surface area contributed by atoms with E-state index in [9.17, 15) is 19.2 Å². The van der Waals surface area contributed by atoms with Crippen molar-refractivity contribution in [2.75, 3.05) is 0 Å². The van der Waals surface area contributed by atoms with Crippen molar-refractivity contribution in [3.63, 3.8) is 0 Å². The van der Waals surface area contributed by atoms with Crippen molar-refractivity contribution in [3.05, 3.63) is 112 Å². The van der Waals surface area contributed by atoms with Crippen LogP contribution >= 0.6 is 11.6 Å². The molecule has 0 radical (unpaired) electrons. The van der Waals surface area contributed by atoms with Crippen LogP contribution in [0.1, 0.15) is 56.0 Å². The average molecular weight is 460 g/mol. The summed E-state index contributed by atoms with van der Waals surface area (Å²) in [5, 5.41) is 0.471. The number of ketones is 3. The number of allylic oxidation sites excluding steroid dienone is 2. The first-order chi connectivity index (χ1) is 15.9. The molecule has 4 rings (SSSR count). The second-order valence-electron chi connectivity index (χ2n) is 7.49. The van der Waals surface area contributed by atoms with Gasteiger partial charge in [0, 0.05) is 41.6 Å². The van der Waals surface area contributed by atoms with Gasteiger partial charge in [-0.25, -0.2) is 0 Å². The van der Waals surface area contributed by atoms with Crippen LogP contribution in [-0.4, -0.2) is 28.3 Å². The van der Waals surface area contributed by atoms with Crippen LogP contribution in [0.5, 0.6) is 0 Å². The maximum Gasteiger partial charge on any atom is 0.308 e. The number of aromatic nitrogens is 1. The predicted octanol–water partition coefficient (Wildman–Crippen LogP) is 4.99. The molecule has 6 nitrogen and oxygen atoms in total. The number of fused-ring (bicyclic) bond motifs is 1. The lowest BCUT2D eigenvalue weighted by Crippen LogP contribution is -2.28. The Balaban J connectivity index is 1.90. The van der Waals surface area contributed by atoms with E-state index in [1.165, 1.54) is 12.3 Å². The molecule has 0 bridgehead atoms. The maximum atomic E-state index is 13.6. The molecule has 1 heterocycles. The summed E-state index contributed by atoms with van der Waals surface area (Å²) in [5.41, 5.74) is 1.09. The predicted molar refractivity (Wildman–Crippen MR) is 121 cm³/mol. The fourth-order valence-corrected chi connectivity index (χ4v) is 3.96. The summed E-state index contributed by atoms with van der Waals surface area (Å²) in [5.74, 6) is -3.36. The Bertz CT molecular complexity index is 1300. The van der Waals surface area contributed by atoms with E-state index in [1.807, 2.05) is 0 Å². The first-order valence-corrected chi connectivity index (χ1v) is 10.6. The number of halogens is 1. The summed E-state index contributed by atoms with van der Waals surface area (Å²) in [7, 11) is 0. The Hall–Kier alpha value is -3.90. The van der Waals surface area contributed by atoms with Crippen LogP contribution in [-0.2, 0) is 9.53 Å². The number of rotatable bonds is 6. The third-order valence-electron chi connectivity index (χ3n) is 5.32. The highest BCUT2D eigenvalue weighted by Crippen LogP contribution is 2.39. The number of nitrogens with zero attached hydrogens (tertiary/aromatic N) is 1. The van der Waals surface area contributed by atoms with Crippen molar-refractivity contribution in [1.29, 1.82) is 0 Å². The third-order valence-corrected chi connectivity index (χ3v) is 5.57. The lowest BCUT2D eigenvalue weighted by atomic mass is 9.77. The molecule has 2 aromatic carbocycles. The van der Waals surface area contributed by atoms with Gasteiger partial charge in [0.2, 0.25) is 5.78 Å². The number of carbonyl (C=O) groups is 4. The Morgan fingerprint density at radius 1 is 0.909 bits per heavy atom. The summed E-state index contributed by atoms with van der Waals surface area (Å²) in [6.45, 7) is 1.15. The Labute approximate surface area is 194 Å². The Morgan fingerprint density at radius 2 is 1.55 bits per heavy atom. The molecule has 0 amide bonds. The molecule has 1 aliphatic carbocycles. The number of benzene rings is 2. The molecule has 0 N–H and O–H groups in total. The highest BCUT2D eigenvalue weighted by molar-refractivity contribution is 6.30. The van der Waals surface area contributed by atoms with Crippen LogP contribution in [0.3, 0.4) is 0 Å². The molecule has 0 aliphatic heterocycles. The fourth-order valence-electron chi connectivity index (χ4n) is 3.83. The zero-order valence-corrected chi connectivity index (χ0v) is 18.3. The van der Waals surface area contributed by atoms with Crippen molar-refractivity contribution < 1.29 is 23.9 Å². The van der Waals surface area contributed by atoms with E-state index in [-0.39, 0.29) is 40.4 Å². The quantitative estimate of drug-likeness (QED) is 0.381. The van der Waals surface area contributed by atoms with E-state index in [1.54, 1.807) is 60.7 Å². The van der Waals surface area contributed by atoms with Crippen LogP contribution in [0.2, 0.25) is 5.02 Å². The van der Waals surface area contributed by atoms with Gasteiger partial charge in [0.15, 0.2) is 17.3 Å². The van der Waals surface area contributed by atoms with Crippen molar-refractivity contribution in [3.8, 4) is 0 Å². The molecule has 0 spiro atoms. The molecule has 7 heteroatoms. The lowest BCUT2D eigenvalue weighted by molar-refractivity contribution is -0.136. The number of hydrogen-bond donors (Lipinski definition) is 0. The van der Waals surface area contributed by atoms with Gasteiger partial charge in [-0.2, -0.15) is 0 Å². The normalized spacial score (nSPS) is 14.0. The monoisotopic (exact) mass is 459 g/mol. The smallest absolute Gasteiger partial charge is 0.308 e. The van der Waals surface area contributed by atoms with Gasteiger partial charge in [0.1, 0.15) is 5.69 Å². The second-order valence-corrected chi connectivity index (χ2v) is 7.92. The number of pyridine rings is 1. The van der Waals surface area contributed by atoms with E-state index >= 15 is 0 Å². The summed E-state index contributed by atoms with van der Waals surface area (Å²) in [6.07, 6.45) is 1.33. The van der Waals surface area contributed by atoms with Crippen molar-refractivity contribution in [1.82, 2.24) is 4.98 Å². The molecule has 0 saturated carbocycles. The molecule has 1 atom stereocenters. The standard InChI is InChI=1S/C26H18ClNO5/c1-15(29)33-26-23(24(31)18-6-2-3-7-19(18)25(26)32)20(16-9-11-17(27)12-10-16)14-22(30)21-8-4-5-13-28-21/h2-13,20H,14H2,1H3/t20-/m1/s1. The van der Waals surface area contributed by atoms with Crippen LogP contribution in [0.4, 0.5) is 0 Å². The van der Waals surface area contributed by atoms with E-state index < -0.39 is 23.5 Å². The van der Waals surface area contributed by atoms with E-state index in [2.05, 4.69) is 4.98 Å². The molecule has 33 heavy (non-hydrogen) atoms. The zero-order chi connectivity index (χ0) is 23.5. The number of Topliss-reactive ketones (excluding diaryl/α,β-unsaturated/α-hetero) is 3. The Kier molecular flexibility index (Phi) is 6.29. The lowest BCUT2D eigenvalue weighted by Gasteiger charge is -2.26. The van der Waals surface area contributed by atoms with Crippen LogP contribution in [0.25, 0.3) is 0 Å². The topological polar surface area (TPSA) is 90.4 Å². The average Bonchev–Trinajstić information content (AvgIpc) is 2.82. The minimum Gasteiger partial charge on any atom is -0.422 e. The second kappa shape index (κ2) is 9.30. The van der Waals surface area contributed by atoms with Crippen molar-refractivity contribution >= 4 is 34.9 Å². The van der Waals surface area contributed by atoms with Gasteiger partial charge in [-0.15, -0.1) is 0 Å². The molecule has 0 saturated heterocycles. The van der Waals surface area contributed by atoms with Gasteiger partial charge in [-0.05, 0) is 29.8 Å². The molecule has 0 unspecified atom stereocenters. The summed E-state index contributed by atoms with van der Waals surface area (Å²) >= 11 is 6.04. The van der Waals surface area contributed by atoms with E-state index in [0.29, 0.717) is 10.6 Å². The molecular formula is C26H18ClNO5. The number of carbonyl (C=O) groups excluding carboxylic acids is 4. The third kappa shape index (κ3) is 4.52. The van der Waals surface area contributed by atoms with Gasteiger partial charge in [0.05, 0.1) is 5.57 Å². The molecule has 1 aliphatic rings. The Morgan fingerprint density at radius 3 is 2.15 bits per heavy atom. The van der Waals surface area contributed by atoms with Crippen molar-refractivity contribution in [2.45, 2.75) is 19.3 Å².